The number of anilines is 1. The summed E-state index contributed by atoms with van der Waals surface area (Å²) in [6.45, 7) is 10.6. The SMILES string of the molecule is CCC.CCCC(CC)Oc1ncc(C2=C(c3ccc(C)cc3Cl)CCCc3cc(N)ccc32)cn1. The molecule has 1 unspecified atom stereocenters. The summed E-state index contributed by atoms with van der Waals surface area (Å²) in [5.41, 5.74) is 14.9. The van der Waals surface area contributed by atoms with Crippen molar-refractivity contribution in [3.8, 4) is 6.01 Å². The third-order valence-electron chi connectivity index (χ3n) is 6.28. The zero-order valence-corrected chi connectivity index (χ0v) is 23.2. The Labute approximate surface area is 222 Å². The lowest BCUT2D eigenvalue weighted by molar-refractivity contribution is 0.170. The molecule has 0 spiro atoms. The first-order valence-corrected chi connectivity index (χ1v) is 13.7. The zero-order chi connectivity index (χ0) is 26.1. The first kappa shape index (κ1) is 27.7. The molecule has 36 heavy (non-hydrogen) atoms. The van der Waals surface area contributed by atoms with Crippen molar-refractivity contribution in [1.29, 1.82) is 0 Å². The van der Waals surface area contributed by atoms with E-state index < -0.39 is 0 Å². The third kappa shape index (κ3) is 6.88. The Hall–Kier alpha value is -2.85. The van der Waals surface area contributed by atoms with Gasteiger partial charge in [-0.15, -0.1) is 0 Å². The van der Waals surface area contributed by atoms with Crippen LogP contribution in [0.2, 0.25) is 5.02 Å². The molecule has 0 aliphatic heterocycles. The van der Waals surface area contributed by atoms with Crippen molar-refractivity contribution in [2.45, 2.75) is 85.7 Å². The van der Waals surface area contributed by atoms with Gasteiger partial charge in [-0.1, -0.05) is 70.3 Å². The molecule has 0 saturated heterocycles. The molecule has 1 aromatic heterocycles. The minimum absolute atomic E-state index is 0.142. The maximum atomic E-state index is 6.74. The van der Waals surface area contributed by atoms with E-state index in [-0.39, 0.29) is 6.10 Å². The average Bonchev–Trinajstić information content (AvgIpc) is 3.04. The van der Waals surface area contributed by atoms with Crippen molar-refractivity contribution >= 4 is 28.4 Å². The first-order valence-electron chi connectivity index (χ1n) is 13.3. The topological polar surface area (TPSA) is 61.0 Å². The van der Waals surface area contributed by atoms with Crippen molar-refractivity contribution in [2.75, 3.05) is 5.73 Å². The van der Waals surface area contributed by atoms with Crippen molar-refractivity contribution in [1.82, 2.24) is 9.97 Å². The highest BCUT2D eigenvalue weighted by Gasteiger charge is 2.22. The molecule has 3 aromatic rings. The van der Waals surface area contributed by atoms with Crippen molar-refractivity contribution in [3.05, 3.63) is 81.6 Å². The zero-order valence-electron chi connectivity index (χ0n) is 22.4. The highest BCUT2D eigenvalue weighted by atomic mass is 35.5. The minimum atomic E-state index is 0.142. The van der Waals surface area contributed by atoms with E-state index in [9.17, 15) is 0 Å². The number of ether oxygens (including phenoxy) is 1. The summed E-state index contributed by atoms with van der Waals surface area (Å²) >= 11 is 6.74. The van der Waals surface area contributed by atoms with Crippen LogP contribution in [0.4, 0.5) is 5.69 Å². The molecule has 0 bridgehead atoms. The van der Waals surface area contributed by atoms with E-state index in [0.29, 0.717) is 6.01 Å². The molecular formula is C31H40ClN3O. The van der Waals surface area contributed by atoms with Crippen LogP contribution < -0.4 is 10.5 Å². The van der Waals surface area contributed by atoms with Gasteiger partial charge in [-0.05, 0) is 90.6 Å². The maximum Gasteiger partial charge on any atom is 0.316 e. The van der Waals surface area contributed by atoms with Gasteiger partial charge in [0.2, 0.25) is 0 Å². The van der Waals surface area contributed by atoms with Gasteiger partial charge in [0.05, 0.1) is 0 Å². The normalized spacial score (nSPS) is 13.8. The van der Waals surface area contributed by atoms with Gasteiger partial charge in [0, 0.05) is 28.7 Å². The predicted molar refractivity (Wildman–Crippen MR) is 154 cm³/mol. The fourth-order valence-electron chi connectivity index (χ4n) is 4.60. The van der Waals surface area contributed by atoms with E-state index in [4.69, 9.17) is 22.1 Å². The standard InChI is InChI=1S/C28H32ClN3O.C3H8/c1-4-7-22(5-2)33-28-31-16-20(17-32-28)27-23-13-11-21(30)15-19(23)8-6-9-25(27)24-12-10-18(3)14-26(24)29;1-3-2/h10-17,22H,4-9,30H2,1-3H3;3H2,1-2H3. The Bertz CT molecular complexity index is 1170. The summed E-state index contributed by atoms with van der Waals surface area (Å²) in [7, 11) is 0. The molecular weight excluding hydrogens is 466 g/mol. The van der Waals surface area contributed by atoms with Crippen LogP contribution in [0.3, 0.4) is 0 Å². The Kier molecular flexibility index (Phi) is 10.4. The second-order valence-corrected chi connectivity index (χ2v) is 9.91. The highest BCUT2D eigenvalue weighted by molar-refractivity contribution is 6.32. The molecule has 0 fully saturated rings. The summed E-state index contributed by atoms with van der Waals surface area (Å²) < 4.78 is 6.02. The van der Waals surface area contributed by atoms with E-state index in [1.807, 2.05) is 24.5 Å². The molecule has 0 saturated carbocycles. The Morgan fingerprint density at radius 3 is 2.31 bits per heavy atom. The number of benzene rings is 2. The van der Waals surface area contributed by atoms with Gasteiger partial charge >= 0.3 is 6.01 Å². The van der Waals surface area contributed by atoms with Gasteiger partial charge in [-0.25, -0.2) is 9.97 Å². The smallest absolute Gasteiger partial charge is 0.316 e. The van der Waals surface area contributed by atoms with Crippen LogP contribution in [0.5, 0.6) is 6.01 Å². The van der Waals surface area contributed by atoms with Crippen LogP contribution in [-0.2, 0) is 6.42 Å². The van der Waals surface area contributed by atoms with Crippen LogP contribution in [-0.4, -0.2) is 16.1 Å². The Balaban J connectivity index is 0.00000115. The maximum absolute atomic E-state index is 6.74. The molecule has 5 heteroatoms. The Morgan fingerprint density at radius 2 is 1.67 bits per heavy atom. The van der Waals surface area contributed by atoms with Crippen LogP contribution in [0.15, 0.2) is 48.8 Å². The average molecular weight is 506 g/mol. The number of allylic oxidation sites excluding steroid dienone is 1. The van der Waals surface area contributed by atoms with Crippen molar-refractivity contribution < 1.29 is 4.74 Å². The van der Waals surface area contributed by atoms with Crippen LogP contribution in [0.25, 0.3) is 11.1 Å². The summed E-state index contributed by atoms with van der Waals surface area (Å²) in [6, 6.07) is 12.9. The molecule has 2 aromatic carbocycles. The van der Waals surface area contributed by atoms with Gasteiger partial charge in [-0.2, -0.15) is 0 Å². The second kappa shape index (κ2) is 13.5. The van der Waals surface area contributed by atoms with Crippen LogP contribution >= 0.6 is 11.6 Å². The predicted octanol–water partition coefficient (Wildman–Crippen LogP) is 8.69. The molecule has 1 heterocycles. The lowest BCUT2D eigenvalue weighted by Gasteiger charge is -2.18. The second-order valence-electron chi connectivity index (χ2n) is 9.51. The van der Waals surface area contributed by atoms with Gasteiger partial charge < -0.3 is 10.5 Å². The van der Waals surface area contributed by atoms with E-state index in [1.165, 1.54) is 23.1 Å². The summed E-state index contributed by atoms with van der Waals surface area (Å²) in [4.78, 5) is 9.17. The molecule has 1 atom stereocenters. The summed E-state index contributed by atoms with van der Waals surface area (Å²) in [5.74, 6) is 0. The van der Waals surface area contributed by atoms with Crippen LogP contribution in [0.1, 0.15) is 94.0 Å². The summed E-state index contributed by atoms with van der Waals surface area (Å²) in [6.07, 6.45) is 11.1. The highest BCUT2D eigenvalue weighted by Crippen LogP contribution is 2.42. The molecule has 192 valence electrons. The van der Waals surface area contributed by atoms with Gasteiger partial charge in [-0.3, -0.25) is 0 Å². The van der Waals surface area contributed by atoms with Gasteiger partial charge in [0.25, 0.3) is 0 Å². The molecule has 1 aliphatic rings. The van der Waals surface area contributed by atoms with Crippen molar-refractivity contribution in [2.24, 2.45) is 0 Å². The van der Waals surface area contributed by atoms with E-state index >= 15 is 0 Å². The number of aryl methyl sites for hydroxylation is 2. The number of hydrogen-bond acceptors (Lipinski definition) is 4. The number of halogens is 1. The third-order valence-corrected chi connectivity index (χ3v) is 6.59. The minimum Gasteiger partial charge on any atom is -0.460 e. The molecule has 0 amide bonds. The fraction of sp³-hybridized carbons (Fsp3) is 0.419. The van der Waals surface area contributed by atoms with Crippen molar-refractivity contribution in [3.63, 3.8) is 0 Å². The number of fused-ring (bicyclic) bond motifs is 1. The molecule has 4 nitrogen and oxygen atoms in total. The number of nitrogens with two attached hydrogens (primary N) is 1. The lowest BCUT2D eigenvalue weighted by atomic mass is 9.88. The molecule has 1 aliphatic carbocycles. The van der Waals surface area contributed by atoms with E-state index in [1.54, 1.807) is 0 Å². The van der Waals surface area contributed by atoms with Gasteiger partial charge in [0.1, 0.15) is 6.10 Å². The fourth-order valence-corrected chi connectivity index (χ4v) is 4.94. The number of hydrogen-bond donors (Lipinski definition) is 1. The largest absolute Gasteiger partial charge is 0.460 e. The monoisotopic (exact) mass is 505 g/mol. The molecule has 2 N–H and O–H groups in total. The lowest BCUT2D eigenvalue weighted by Crippen LogP contribution is -2.16. The number of rotatable bonds is 7. The number of nitrogen functional groups attached to an aromatic ring is 1. The summed E-state index contributed by atoms with van der Waals surface area (Å²) in [5, 5.41) is 0.771. The quantitative estimate of drug-likeness (QED) is 0.326. The van der Waals surface area contributed by atoms with E-state index in [2.05, 4.69) is 68.9 Å². The molecule has 0 radical (unpaired) electrons. The molecule has 4 rings (SSSR count). The van der Waals surface area contributed by atoms with Gasteiger partial charge in [0.15, 0.2) is 0 Å². The number of aromatic nitrogens is 2. The number of nitrogens with zero attached hydrogens (tertiary/aromatic N) is 2. The first-order chi connectivity index (χ1) is 17.4. The van der Waals surface area contributed by atoms with E-state index in [0.717, 1.165) is 71.5 Å². The Morgan fingerprint density at radius 1 is 0.972 bits per heavy atom. The van der Waals surface area contributed by atoms with Crippen LogP contribution in [0, 0.1) is 6.92 Å².